The zero-order valence-electron chi connectivity index (χ0n) is 16.4. The minimum atomic E-state index is -4.64. The van der Waals surface area contributed by atoms with Gasteiger partial charge in [-0.05, 0) is 41.0 Å². The fourth-order valence-corrected chi connectivity index (χ4v) is 2.98. The van der Waals surface area contributed by atoms with Crippen molar-refractivity contribution >= 4 is 17.2 Å². The highest BCUT2D eigenvalue weighted by Crippen LogP contribution is 2.36. The van der Waals surface area contributed by atoms with Crippen LogP contribution in [-0.4, -0.2) is 28.8 Å². The summed E-state index contributed by atoms with van der Waals surface area (Å²) in [5, 5.41) is 22.4. The zero-order valence-corrected chi connectivity index (χ0v) is 16.4. The van der Waals surface area contributed by atoms with Gasteiger partial charge in [0.05, 0.1) is 23.0 Å². The second-order valence-electron chi connectivity index (χ2n) is 6.70. The summed E-state index contributed by atoms with van der Waals surface area (Å²) in [5.41, 5.74) is 1.42. The minimum Gasteiger partial charge on any atom is -0.478 e. The maximum atomic E-state index is 13.5. The normalized spacial score (nSPS) is 12.0. The number of carbonyl (C=O) groups is 1. The van der Waals surface area contributed by atoms with Crippen LogP contribution in [0.25, 0.3) is 5.57 Å². The van der Waals surface area contributed by atoms with Gasteiger partial charge in [0, 0.05) is 32.2 Å². The predicted molar refractivity (Wildman–Crippen MR) is 110 cm³/mol. The number of hydrogen-bond acceptors (Lipinski definition) is 3. The Kier molecular flexibility index (Phi) is 7.33. The number of aromatic carboxylic acids is 1. The summed E-state index contributed by atoms with van der Waals surface area (Å²) in [7, 11) is 0. The highest BCUT2D eigenvalue weighted by atomic mass is 19.4. The molecule has 0 aromatic heterocycles. The van der Waals surface area contributed by atoms with Crippen LogP contribution in [0.4, 0.5) is 23.2 Å². The van der Waals surface area contributed by atoms with Crippen molar-refractivity contribution in [1.82, 2.24) is 0 Å². The summed E-state index contributed by atoms with van der Waals surface area (Å²) in [6.45, 7) is 10.5. The molecule has 2 aromatic rings. The second kappa shape index (κ2) is 9.55. The van der Waals surface area contributed by atoms with E-state index in [-0.39, 0.29) is 46.5 Å². The van der Waals surface area contributed by atoms with Gasteiger partial charge in [0.1, 0.15) is 5.82 Å². The van der Waals surface area contributed by atoms with Crippen molar-refractivity contribution in [2.75, 3.05) is 11.9 Å². The average molecular weight is 434 g/mol. The van der Waals surface area contributed by atoms with Crippen LogP contribution in [0.1, 0.15) is 27.0 Å². The molecule has 0 radical (unpaired) electrons. The molecular weight excluding hydrogens is 414 g/mol. The highest BCUT2D eigenvalue weighted by Gasteiger charge is 2.35. The maximum Gasteiger partial charge on any atom is 0.416 e. The van der Waals surface area contributed by atoms with Gasteiger partial charge in [0.2, 0.25) is 0 Å². The lowest BCUT2D eigenvalue weighted by molar-refractivity contribution is -0.138. The maximum absolute atomic E-state index is 13.5. The number of benzene rings is 2. The third-order valence-electron chi connectivity index (χ3n) is 4.57. The van der Waals surface area contributed by atoms with Gasteiger partial charge in [-0.3, -0.25) is 0 Å². The molecule has 8 heteroatoms. The van der Waals surface area contributed by atoms with E-state index >= 15 is 0 Å². The molecule has 1 atom stereocenters. The average Bonchev–Trinajstić information content (AvgIpc) is 2.71. The lowest BCUT2D eigenvalue weighted by Gasteiger charge is -2.21. The number of nitrogens with one attached hydrogen (secondary N) is 1. The van der Waals surface area contributed by atoms with E-state index in [0.29, 0.717) is 0 Å². The van der Waals surface area contributed by atoms with Crippen molar-refractivity contribution in [2.45, 2.75) is 18.7 Å². The Morgan fingerprint density at radius 2 is 1.90 bits per heavy atom. The number of anilines is 1. The number of rotatable bonds is 8. The molecule has 0 fully saturated rings. The topological polar surface area (TPSA) is 69.6 Å². The van der Waals surface area contributed by atoms with Gasteiger partial charge in [-0.1, -0.05) is 18.7 Å². The number of hydrogen-bond donors (Lipinski definition) is 3. The smallest absolute Gasteiger partial charge is 0.416 e. The largest absolute Gasteiger partial charge is 0.478 e. The number of carboxylic acid groups (broad SMARTS) is 1. The van der Waals surface area contributed by atoms with Crippen molar-refractivity contribution in [3.8, 4) is 0 Å². The SMILES string of the molecule is C=C=C([CH2+])Cc1c(C(=C)C(O)CNc2ccc(F)cc2C(=O)O)cccc1C(F)(F)F. The summed E-state index contributed by atoms with van der Waals surface area (Å²) < 4.78 is 53.8. The molecule has 0 heterocycles. The third kappa shape index (κ3) is 5.78. The molecule has 3 N–H and O–H groups in total. The molecule has 1 unspecified atom stereocenters. The fourth-order valence-electron chi connectivity index (χ4n) is 2.98. The van der Waals surface area contributed by atoms with Crippen LogP contribution in [0.2, 0.25) is 0 Å². The quantitative estimate of drug-likeness (QED) is 0.307. The lowest BCUT2D eigenvalue weighted by Crippen LogP contribution is -2.23. The summed E-state index contributed by atoms with van der Waals surface area (Å²) in [4.78, 5) is 11.3. The van der Waals surface area contributed by atoms with Crippen molar-refractivity contribution in [2.24, 2.45) is 0 Å². The molecule has 0 aliphatic heterocycles. The van der Waals surface area contributed by atoms with E-state index in [0.717, 1.165) is 18.2 Å². The predicted octanol–water partition coefficient (Wildman–Crippen LogP) is 5.12. The highest BCUT2D eigenvalue weighted by molar-refractivity contribution is 5.94. The van der Waals surface area contributed by atoms with Crippen molar-refractivity contribution in [3.05, 3.63) is 95.9 Å². The lowest BCUT2D eigenvalue weighted by atomic mass is 9.89. The van der Waals surface area contributed by atoms with Crippen molar-refractivity contribution in [1.29, 1.82) is 0 Å². The molecule has 162 valence electrons. The van der Waals surface area contributed by atoms with Gasteiger partial charge in [0.15, 0.2) is 5.57 Å². The first-order valence-corrected chi connectivity index (χ1v) is 8.99. The van der Waals surface area contributed by atoms with E-state index in [2.05, 4.69) is 31.1 Å². The molecule has 0 aliphatic rings. The first-order valence-electron chi connectivity index (χ1n) is 8.99. The third-order valence-corrected chi connectivity index (χ3v) is 4.57. The summed E-state index contributed by atoms with van der Waals surface area (Å²) in [5.74, 6) is -2.13. The van der Waals surface area contributed by atoms with Crippen LogP contribution in [0, 0.1) is 12.7 Å². The Labute approximate surface area is 176 Å². The Balaban J connectivity index is 2.34. The number of aliphatic hydroxyl groups excluding tert-OH is 1. The molecule has 0 amide bonds. The summed E-state index contributed by atoms with van der Waals surface area (Å²) in [6.07, 6.45) is -6.20. The molecule has 0 saturated carbocycles. The monoisotopic (exact) mass is 434 g/mol. The van der Waals surface area contributed by atoms with Crippen molar-refractivity contribution in [3.63, 3.8) is 0 Å². The number of halogens is 4. The molecule has 0 spiro atoms. The van der Waals surface area contributed by atoms with Gasteiger partial charge in [-0.25, -0.2) is 9.18 Å². The summed E-state index contributed by atoms with van der Waals surface area (Å²) in [6, 6.07) is 6.56. The van der Waals surface area contributed by atoms with E-state index in [1.807, 2.05) is 0 Å². The van der Waals surface area contributed by atoms with E-state index in [1.165, 1.54) is 18.2 Å². The Morgan fingerprint density at radius 3 is 2.48 bits per heavy atom. The molecule has 0 aliphatic carbocycles. The van der Waals surface area contributed by atoms with Gasteiger partial charge in [-0.15, -0.1) is 0 Å². The van der Waals surface area contributed by atoms with Crippen LogP contribution >= 0.6 is 0 Å². The molecule has 2 rings (SSSR count). The summed E-state index contributed by atoms with van der Waals surface area (Å²) >= 11 is 0. The van der Waals surface area contributed by atoms with Crippen LogP contribution in [-0.2, 0) is 12.6 Å². The number of alkyl halides is 3. The van der Waals surface area contributed by atoms with E-state index in [1.54, 1.807) is 0 Å². The molecule has 31 heavy (non-hydrogen) atoms. The number of aliphatic hydroxyl groups is 1. The first-order chi connectivity index (χ1) is 14.5. The van der Waals surface area contributed by atoms with Gasteiger partial charge in [-0.2, -0.15) is 13.2 Å². The van der Waals surface area contributed by atoms with Gasteiger partial charge >= 0.3 is 12.1 Å². The molecule has 2 aromatic carbocycles. The van der Waals surface area contributed by atoms with Crippen molar-refractivity contribution < 1.29 is 32.6 Å². The number of carboxylic acids is 1. The second-order valence-corrected chi connectivity index (χ2v) is 6.70. The van der Waals surface area contributed by atoms with Crippen LogP contribution in [0.3, 0.4) is 0 Å². The van der Waals surface area contributed by atoms with Crippen LogP contribution in [0.5, 0.6) is 0 Å². The van der Waals surface area contributed by atoms with E-state index in [9.17, 15) is 32.6 Å². The molecule has 0 bridgehead atoms. The minimum absolute atomic E-state index is 0.00977. The first kappa shape index (κ1) is 23.8. The Hall–Kier alpha value is -3.48. The molecule has 0 saturated heterocycles. The number of allylic oxidation sites excluding steroid dienone is 1. The standard InChI is InChI=1S/C23H19F4NO3/c1-4-13(2)10-17-16(6-5-7-19(17)23(25,26)27)14(3)21(29)12-28-20-9-8-15(24)11-18(20)22(30)31/h5-9,11,21,28-29H,1-3,10,12H2/p+1. The Bertz CT molecular complexity index is 1050. The zero-order chi connectivity index (χ0) is 23.3. The van der Waals surface area contributed by atoms with E-state index < -0.39 is 29.6 Å². The molecular formula is C23H20F4NO3+. The van der Waals surface area contributed by atoms with Crippen LogP contribution in [0.15, 0.2) is 60.9 Å². The van der Waals surface area contributed by atoms with Gasteiger partial charge < -0.3 is 15.5 Å². The molecule has 4 nitrogen and oxygen atoms in total. The van der Waals surface area contributed by atoms with Crippen LogP contribution < -0.4 is 5.32 Å². The van der Waals surface area contributed by atoms with E-state index in [4.69, 9.17) is 0 Å². The fraction of sp³-hybridized carbons (Fsp3) is 0.174. The van der Waals surface area contributed by atoms with Gasteiger partial charge in [0.25, 0.3) is 0 Å². The Morgan fingerprint density at radius 1 is 1.23 bits per heavy atom.